The number of pyridine rings is 1. The summed E-state index contributed by atoms with van der Waals surface area (Å²) in [5, 5.41) is 18.4. The molecule has 0 saturated heterocycles. The van der Waals surface area contributed by atoms with Gasteiger partial charge in [0.2, 0.25) is 0 Å². The molecule has 1 N–H and O–H groups in total. The van der Waals surface area contributed by atoms with Gasteiger partial charge in [-0.2, -0.15) is 4.68 Å². The maximum Gasteiger partial charge on any atom is 0.392 e. The van der Waals surface area contributed by atoms with Crippen LogP contribution in [-0.2, 0) is 6.54 Å². The molecular formula is C13H16ClN5O2. The van der Waals surface area contributed by atoms with Crippen molar-refractivity contribution >= 4 is 23.2 Å². The lowest BCUT2D eigenvalue weighted by Gasteiger charge is -2.07. The van der Waals surface area contributed by atoms with Gasteiger partial charge in [-0.1, -0.05) is 18.5 Å². The van der Waals surface area contributed by atoms with Crippen molar-refractivity contribution < 1.29 is 4.92 Å². The van der Waals surface area contributed by atoms with Crippen molar-refractivity contribution in [1.29, 1.82) is 0 Å². The maximum absolute atomic E-state index is 10.8. The number of nitro groups is 1. The van der Waals surface area contributed by atoms with Gasteiger partial charge in [0, 0.05) is 6.54 Å². The van der Waals surface area contributed by atoms with Crippen molar-refractivity contribution in [1.82, 2.24) is 14.8 Å². The topological polar surface area (TPSA) is 85.9 Å². The van der Waals surface area contributed by atoms with E-state index in [2.05, 4.69) is 22.3 Å². The molecule has 0 radical (unpaired) electrons. The molecule has 2 heterocycles. The van der Waals surface area contributed by atoms with Gasteiger partial charge in [-0.15, -0.1) is 0 Å². The first-order chi connectivity index (χ1) is 10.0. The highest BCUT2D eigenvalue weighted by Gasteiger charge is 2.18. The molecule has 0 fully saturated rings. The Bertz CT molecular complexity index is 656. The third-order valence-electron chi connectivity index (χ3n) is 2.88. The van der Waals surface area contributed by atoms with Crippen molar-refractivity contribution in [2.75, 3.05) is 11.9 Å². The second kappa shape index (κ2) is 6.53. The predicted octanol–water partition coefficient (Wildman–Crippen LogP) is 3.02. The molecule has 0 aliphatic carbocycles. The second-order valence-electron chi connectivity index (χ2n) is 4.64. The fourth-order valence-corrected chi connectivity index (χ4v) is 2.04. The largest absolute Gasteiger partial charge is 0.392 e. The van der Waals surface area contributed by atoms with Crippen LogP contribution in [0, 0.1) is 17.0 Å². The van der Waals surface area contributed by atoms with Gasteiger partial charge in [0.25, 0.3) is 0 Å². The number of halogens is 1. The highest BCUT2D eigenvalue weighted by atomic mass is 35.5. The maximum atomic E-state index is 10.8. The van der Waals surface area contributed by atoms with E-state index in [4.69, 9.17) is 11.6 Å². The standard InChI is InChI=1S/C13H16ClN5O2/c1-3-6-15-12-5-4-10(14)11(16-12)8-18-7-9(2)13(17-18)19(20)21/h4-5,7H,3,6,8H2,1-2H3,(H,15,16). The van der Waals surface area contributed by atoms with Gasteiger partial charge in [0.15, 0.2) is 0 Å². The molecule has 21 heavy (non-hydrogen) atoms. The number of nitrogens with zero attached hydrogens (tertiary/aromatic N) is 4. The Morgan fingerprint density at radius 1 is 1.48 bits per heavy atom. The van der Waals surface area contributed by atoms with Gasteiger partial charge in [0.05, 0.1) is 27.6 Å². The molecule has 0 spiro atoms. The van der Waals surface area contributed by atoms with E-state index in [0.717, 1.165) is 18.8 Å². The smallest absolute Gasteiger partial charge is 0.370 e. The lowest BCUT2D eigenvalue weighted by Crippen LogP contribution is -2.07. The third-order valence-corrected chi connectivity index (χ3v) is 3.22. The van der Waals surface area contributed by atoms with E-state index in [1.54, 1.807) is 25.3 Å². The average molecular weight is 310 g/mol. The number of aromatic nitrogens is 3. The normalized spacial score (nSPS) is 10.6. The van der Waals surface area contributed by atoms with E-state index in [-0.39, 0.29) is 12.4 Å². The zero-order valence-electron chi connectivity index (χ0n) is 11.8. The molecule has 0 saturated carbocycles. The summed E-state index contributed by atoms with van der Waals surface area (Å²) >= 11 is 6.12. The Kier molecular flexibility index (Phi) is 4.74. The van der Waals surface area contributed by atoms with E-state index >= 15 is 0 Å². The first-order valence-corrected chi connectivity index (χ1v) is 6.96. The molecule has 0 aromatic carbocycles. The van der Waals surface area contributed by atoms with E-state index < -0.39 is 4.92 Å². The number of rotatable bonds is 6. The van der Waals surface area contributed by atoms with Crippen molar-refractivity contribution in [2.24, 2.45) is 0 Å². The minimum absolute atomic E-state index is 0.147. The van der Waals surface area contributed by atoms with Crippen LogP contribution in [0.15, 0.2) is 18.3 Å². The SMILES string of the molecule is CCCNc1ccc(Cl)c(Cn2cc(C)c([N+](=O)[O-])n2)n1. The van der Waals surface area contributed by atoms with Gasteiger partial charge in [0.1, 0.15) is 12.4 Å². The average Bonchev–Trinajstić information content (AvgIpc) is 2.80. The number of anilines is 1. The summed E-state index contributed by atoms with van der Waals surface area (Å²) in [5.41, 5.74) is 1.13. The van der Waals surface area contributed by atoms with Crippen LogP contribution in [0.25, 0.3) is 0 Å². The van der Waals surface area contributed by atoms with Crippen LogP contribution >= 0.6 is 11.6 Å². The summed E-state index contributed by atoms with van der Waals surface area (Å²) in [6.45, 7) is 4.82. The Hall–Kier alpha value is -2.15. The highest BCUT2D eigenvalue weighted by Crippen LogP contribution is 2.20. The van der Waals surface area contributed by atoms with Gasteiger partial charge < -0.3 is 15.4 Å². The van der Waals surface area contributed by atoms with Gasteiger partial charge >= 0.3 is 5.82 Å². The Morgan fingerprint density at radius 3 is 2.86 bits per heavy atom. The van der Waals surface area contributed by atoms with E-state index in [0.29, 0.717) is 16.3 Å². The lowest BCUT2D eigenvalue weighted by molar-refractivity contribution is -0.390. The summed E-state index contributed by atoms with van der Waals surface area (Å²) in [6, 6.07) is 3.56. The van der Waals surface area contributed by atoms with Crippen LogP contribution in [0.5, 0.6) is 0 Å². The monoisotopic (exact) mass is 309 g/mol. The van der Waals surface area contributed by atoms with Crippen LogP contribution in [0.3, 0.4) is 0 Å². The first-order valence-electron chi connectivity index (χ1n) is 6.59. The summed E-state index contributed by atoms with van der Waals surface area (Å²) in [7, 11) is 0. The van der Waals surface area contributed by atoms with Crippen LogP contribution in [0.1, 0.15) is 24.6 Å². The number of aryl methyl sites for hydroxylation is 1. The quantitative estimate of drug-likeness (QED) is 0.654. The zero-order chi connectivity index (χ0) is 15.4. The molecular weight excluding hydrogens is 294 g/mol. The van der Waals surface area contributed by atoms with E-state index in [9.17, 15) is 10.1 Å². The van der Waals surface area contributed by atoms with Crippen LogP contribution < -0.4 is 5.32 Å². The van der Waals surface area contributed by atoms with Crippen molar-refractivity contribution in [3.63, 3.8) is 0 Å². The molecule has 0 bridgehead atoms. The van der Waals surface area contributed by atoms with Crippen LogP contribution in [-0.4, -0.2) is 26.2 Å². The molecule has 7 nitrogen and oxygen atoms in total. The third kappa shape index (κ3) is 3.69. The molecule has 2 aromatic heterocycles. The van der Waals surface area contributed by atoms with Crippen molar-refractivity contribution in [3.05, 3.63) is 44.7 Å². The highest BCUT2D eigenvalue weighted by molar-refractivity contribution is 6.31. The fourth-order valence-electron chi connectivity index (χ4n) is 1.87. The fraction of sp³-hybridized carbons (Fsp3) is 0.385. The Balaban J connectivity index is 2.22. The molecule has 0 amide bonds. The molecule has 8 heteroatoms. The number of hydrogen-bond acceptors (Lipinski definition) is 5. The Labute approximate surface area is 127 Å². The molecule has 0 unspecified atom stereocenters. The second-order valence-corrected chi connectivity index (χ2v) is 5.05. The van der Waals surface area contributed by atoms with Crippen molar-refractivity contribution in [3.8, 4) is 0 Å². The minimum atomic E-state index is -0.500. The molecule has 0 atom stereocenters. The summed E-state index contributed by atoms with van der Waals surface area (Å²) in [6.07, 6.45) is 2.60. The molecule has 0 aliphatic rings. The predicted molar refractivity (Wildman–Crippen MR) is 80.7 cm³/mol. The summed E-state index contributed by atoms with van der Waals surface area (Å²) in [5.74, 6) is 0.584. The van der Waals surface area contributed by atoms with E-state index in [1.807, 2.05) is 0 Å². The zero-order valence-corrected chi connectivity index (χ0v) is 12.6. The summed E-state index contributed by atoms with van der Waals surface area (Å²) in [4.78, 5) is 14.7. The van der Waals surface area contributed by atoms with Crippen molar-refractivity contribution in [2.45, 2.75) is 26.8 Å². The number of hydrogen-bond donors (Lipinski definition) is 1. The van der Waals surface area contributed by atoms with E-state index in [1.165, 1.54) is 4.68 Å². The van der Waals surface area contributed by atoms with Crippen LogP contribution in [0.2, 0.25) is 5.02 Å². The summed E-state index contributed by atoms with van der Waals surface area (Å²) < 4.78 is 1.48. The molecule has 112 valence electrons. The van der Waals surface area contributed by atoms with Gasteiger partial charge in [-0.3, -0.25) is 0 Å². The Morgan fingerprint density at radius 2 is 2.24 bits per heavy atom. The minimum Gasteiger partial charge on any atom is -0.370 e. The van der Waals surface area contributed by atoms with Crippen LogP contribution in [0.4, 0.5) is 11.6 Å². The number of nitrogens with one attached hydrogen (secondary N) is 1. The molecule has 0 aliphatic heterocycles. The van der Waals surface area contributed by atoms with Gasteiger partial charge in [-0.05, 0) is 30.4 Å². The van der Waals surface area contributed by atoms with Gasteiger partial charge in [-0.25, -0.2) is 4.98 Å². The molecule has 2 aromatic rings. The first kappa shape index (κ1) is 15.2. The molecule has 2 rings (SSSR count). The lowest BCUT2D eigenvalue weighted by atomic mass is 10.3.